The van der Waals surface area contributed by atoms with Crippen LogP contribution in [0.25, 0.3) is 0 Å². The smallest absolute Gasteiger partial charge is 0.141 e. The second-order valence-electron chi connectivity index (χ2n) is 10.9. The van der Waals surface area contributed by atoms with Crippen LogP contribution in [0.4, 0.5) is 0 Å². The fourth-order valence-corrected chi connectivity index (χ4v) is 6.59. The van der Waals surface area contributed by atoms with E-state index in [-0.39, 0.29) is 0 Å². The average molecular weight is 447 g/mol. The van der Waals surface area contributed by atoms with Crippen LogP contribution in [0.1, 0.15) is 43.7 Å². The molecule has 2 aromatic rings. The van der Waals surface area contributed by atoms with Gasteiger partial charge in [-0.25, -0.2) is 0 Å². The van der Waals surface area contributed by atoms with Gasteiger partial charge < -0.3 is 5.11 Å². The molecule has 4 nitrogen and oxygen atoms in total. The fourth-order valence-electron chi connectivity index (χ4n) is 6.59. The fraction of sp³-hybridized carbons (Fsp3) is 0.552. The van der Waals surface area contributed by atoms with E-state index in [1.165, 1.54) is 24.0 Å². The summed E-state index contributed by atoms with van der Waals surface area (Å²) in [6.07, 6.45) is 4.63. The quantitative estimate of drug-likeness (QED) is 0.757. The van der Waals surface area contributed by atoms with Gasteiger partial charge in [-0.2, -0.15) is 0 Å². The van der Waals surface area contributed by atoms with E-state index in [9.17, 15) is 9.90 Å². The minimum atomic E-state index is -0.410. The van der Waals surface area contributed by atoms with Crippen LogP contribution in [-0.4, -0.2) is 52.5 Å². The zero-order valence-electron chi connectivity index (χ0n) is 19.9. The lowest BCUT2D eigenvalue weighted by Crippen LogP contribution is -2.51. The molecule has 4 heteroatoms. The number of fused-ring (bicyclic) bond motifs is 4. The number of likely N-dealkylation sites (tertiary alicyclic amines) is 2. The van der Waals surface area contributed by atoms with Crippen molar-refractivity contribution in [2.24, 2.45) is 23.7 Å². The SMILES string of the molecule is CC1(O)C2CCC1CN(Cc1ccccc1)C2.O=C1C2CCC1CN(Cc1ccccc1)C2. The molecule has 4 atom stereocenters. The highest BCUT2D eigenvalue weighted by molar-refractivity contribution is 5.86. The molecule has 0 radical (unpaired) electrons. The molecule has 0 amide bonds. The third-order valence-corrected chi connectivity index (χ3v) is 8.60. The first-order chi connectivity index (χ1) is 16.0. The summed E-state index contributed by atoms with van der Waals surface area (Å²) in [4.78, 5) is 16.7. The minimum absolute atomic E-state index is 0.336. The van der Waals surface area contributed by atoms with E-state index in [0.29, 0.717) is 29.5 Å². The summed E-state index contributed by atoms with van der Waals surface area (Å²) in [5.74, 6) is 2.16. The van der Waals surface area contributed by atoms with Gasteiger partial charge in [-0.3, -0.25) is 14.6 Å². The number of piperidine rings is 2. The van der Waals surface area contributed by atoms with E-state index in [1.807, 2.05) is 13.0 Å². The number of carbonyl (C=O) groups is 1. The standard InChI is InChI=1S/C15H21NO.C14H17NO/c1-15(17)13-7-8-14(15)11-16(10-13)9-12-5-3-2-4-6-12;16-14-12-6-7-13(14)10-15(9-12)8-11-4-2-1-3-5-11/h2-6,13-14,17H,7-11H2,1H3;1-5,12-13H,6-10H2. The zero-order chi connectivity index (χ0) is 22.8. The number of benzene rings is 2. The highest BCUT2D eigenvalue weighted by atomic mass is 16.3. The van der Waals surface area contributed by atoms with Gasteiger partial charge in [-0.1, -0.05) is 60.7 Å². The van der Waals surface area contributed by atoms with Gasteiger partial charge in [-0.05, 0) is 43.7 Å². The molecule has 0 aromatic heterocycles. The van der Waals surface area contributed by atoms with Crippen molar-refractivity contribution in [3.8, 4) is 0 Å². The van der Waals surface area contributed by atoms with E-state index >= 15 is 0 Å². The molecule has 0 spiro atoms. The highest BCUT2D eigenvalue weighted by Crippen LogP contribution is 2.45. The summed E-state index contributed by atoms with van der Waals surface area (Å²) in [5.41, 5.74) is 2.33. The predicted octanol–water partition coefficient (Wildman–Crippen LogP) is 4.38. The largest absolute Gasteiger partial charge is 0.390 e. The minimum Gasteiger partial charge on any atom is -0.390 e. The zero-order valence-corrected chi connectivity index (χ0v) is 19.9. The molecule has 176 valence electrons. The van der Waals surface area contributed by atoms with Crippen LogP contribution in [0.3, 0.4) is 0 Å². The molecule has 2 saturated carbocycles. The third-order valence-electron chi connectivity index (χ3n) is 8.60. The molecule has 4 bridgehead atoms. The molecule has 1 N–H and O–H groups in total. The van der Waals surface area contributed by atoms with Gasteiger partial charge in [0.15, 0.2) is 0 Å². The summed E-state index contributed by atoms with van der Waals surface area (Å²) in [6.45, 7) is 8.13. The number of nitrogens with zero attached hydrogens (tertiary/aromatic N) is 2. The summed E-state index contributed by atoms with van der Waals surface area (Å²) >= 11 is 0. The Morgan fingerprint density at radius 2 is 1.15 bits per heavy atom. The van der Waals surface area contributed by atoms with Crippen molar-refractivity contribution in [3.63, 3.8) is 0 Å². The lowest BCUT2D eigenvalue weighted by atomic mass is 9.82. The van der Waals surface area contributed by atoms with E-state index in [0.717, 1.165) is 52.1 Å². The Labute approximate surface area is 198 Å². The number of aliphatic hydroxyl groups is 1. The van der Waals surface area contributed by atoms with Crippen LogP contribution in [0.5, 0.6) is 0 Å². The first-order valence-corrected chi connectivity index (χ1v) is 12.8. The van der Waals surface area contributed by atoms with Gasteiger partial charge in [0.05, 0.1) is 5.60 Å². The summed E-state index contributed by atoms with van der Waals surface area (Å²) < 4.78 is 0. The Morgan fingerprint density at radius 3 is 1.61 bits per heavy atom. The Hall–Kier alpha value is -2.01. The number of hydrogen-bond acceptors (Lipinski definition) is 4. The van der Waals surface area contributed by atoms with Gasteiger partial charge in [0.25, 0.3) is 0 Å². The van der Waals surface area contributed by atoms with Crippen molar-refractivity contribution in [3.05, 3.63) is 71.8 Å². The topological polar surface area (TPSA) is 43.8 Å². The van der Waals surface area contributed by atoms with Crippen LogP contribution in [-0.2, 0) is 17.9 Å². The number of Topliss-reactive ketones (excluding diaryl/α,β-unsaturated/α-hetero) is 1. The van der Waals surface area contributed by atoms with Gasteiger partial charge in [0.1, 0.15) is 5.78 Å². The number of hydrogen-bond donors (Lipinski definition) is 1. The maximum Gasteiger partial charge on any atom is 0.141 e. The predicted molar refractivity (Wildman–Crippen MR) is 131 cm³/mol. The van der Waals surface area contributed by atoms with Crippen LogP contribution in [0.15, 0.2) is 60.7 Å². The van der Waals surface area contributed by atoms with E-state index in [4.69, 9.17) is 0 Å². The second kappa shape index (κ2) is 9.69. The maximum absolute atomic E-state index is 11.8. The molecule has 4 unspecified atom stereocenters. The van der Waals surface area contributed by atoms with Crippen molar-refractivity contribution in [2.75, 3.05) is 26.2 Å². The van der Waals surface area contributed by atoms with Gasteiger partial charge >= 0.3 is 0 Å². The van der Waals surface area contributed by atoms with Gasteiger partial charge in [0.2, 0.25) is 0 Å². The van der Waals surface area contributed by atoms with E-state index in [2.05, 4.69) is 64.4 Å². The summed E-state index contributed by atoms with van der Waals surface area (Å²) in [6, 6.07) is 21.2. The van der Waals surface area contributed by atoms with E-state index < -0.39 is 5.60 Å². The molecular weight excluding hydrogens is 408 g/mol. The molecule has 33 heavy (non-hydrogen) atoms. The summed E-state index contributed by atoms with van der Waals surface area (Å²) in [5, 5.41) is 10.4. The van der Waals surface area contributed by atoms with Crippen LogP contribution in [0.2, 0.25) is 0 Å². The van der Waals surface area contributed by atoms with Crippen molar-refractivity contribution in [1.29, 1.82) is 0 Å². The number of rotatable bonds is 4. The Morgan fingerprint density at radius 1 is 0.727 bits per heavy atom. The Balaban J connectivity index is 0.000000139. The van der Waals surface area contributed by atoms with Crippen molar-refractivity contribution in [1.82, 2.24) is 9.80 Å². The first-order valence-electron chi connectivity index (χ1n) is 12.8. The van der Waals surface area contributed by atoms with Gasteiger partial charge in [0, 0.05) is 62.9 Å². The Kier molecular flexibility index (Phi) is 6.69. The Bertz CT molecular complexity index is 897. The first kappa shape index (κ1) is 22.8. The van der Waals surface area contributed by atoms with Crippen molar-refractivity contribution < 1.29 is 9.90 Å². The normalized spacial score (nSPS) is 33.6. The lowest BCUT2D eigenvalue weighted by Gasteiger charge is -2.42. The molecule has 2 saturated heterocycles. The van der Waals surface area contributed by atoms with Crippen molar-refractivity contribution >= 4 is 5.78 Å². The molecule has 6 rings (SSSR count). The molecule has 4 fully saturated rings. The lowest BCUT2D eigenvalue weighted by molar-refractivity contribution is -0.127. The second-order valence-corrected chi connectivity index (χ2v) is 10.9. The van der Waals surface area contributed by atoms with Crippen molar-refractivity contribution in [2.45, 2.75) is 51.3 Å². The maximum atomic E-state index is 11.8. The third kappa shape index (κ3) is 5.08. The monoisotopic (exact) mass is 446 g/mol. The average Bonchev–Trinajstić information content (AvgIpc) is 3.10. The van der Waals surface area contributed by atoms with Gasteiger partial charge in [-0.15, -0.1) is 0 Å². The molecular formula is C29H38N2O2. The molecule has 2 aliphatic carbocycles. The molecule has 4 aliphatic rings. The van der Waals surface area contributed by atoms with E-state index in [1.54, 1.807) is 0 Å². The summed E-state index contributed by atoms with van der Waals surface area (Å²) in [7, 11) is 0. The number of carbonyl (C=O) groups excluding carboxylic acids is 1. The van der Waals surface area contributed by atoms with Crippen LogP contribution in [0, 0.1) is 23.7 Å². The highest BCUT2D eigenvalue weighted by Gasteiger charge is 2.49. The van der Waals surface area contributed by atoms with Crippen LogP contribution < -0.4 is 0 Å². The molecule has 2 aromatic carbocycles. The number of ketones is 1. The van der Waals surface area contributed by atoms with Crippen LogP contribution >= 0.6 is 0 Å². The molecule has 2 heterocycles. The molecule has 2 aliphatic heterocycles.